The van der Waals surface area contributed by atoms with Gasteiger partial charge in [0.1, 0.15) is 0 Å². The second-order valence-corrected chi connectivity index (χ2v) is 4.42. The van der Waals surface area contributed by atoms with Gasteiger partial charge in [-0.3, -0.25) is 4.98 Å². The molecule has 0 bridgehead atoms. The van der Waals surface area contributed by atoms with E-state index in [1.807, 2.05) is 26.0 Å². The minimum atomic E-state index is -0.840. The average Bonchev–Trinajstić information content (AvgIpc) is 2.39. The zero-order valence-corrected chi connectivity index (χ0v) is 11.0. The summed E-state index contributed by atoms with van der Waals surface area (Å²) in [7, 11) is 0. The zero-order valence-electron chi connectivity index (χ0n) is 11.0. The van der Waals surface area contributed by atoms with Crippen molar-refractivity contribution in [2.24, 2.45) is 0 Å². The fraction of sp³-hybridized carbons (Fsp3) is 0.267. The molecule has 1 N–H and O–H groups in total. The third kappa shape index (κ3) is 3.15. The van der Waals surface area contributed by atoms with Gasteiger partial charge in [0, 0.05) is 6.20 Å². The Balaban J connectivity index is 2.42. The zero-order chi connectivity index (χ0) is 13.8. The Labute approximate surface area is 111 Å². The Kier molecular flexibility index (Phi) is 4.22. The molecule has 0 amide bonds. The SMILES string of the molecule is CCNC(c1ccc(F)c(F)c1)c1cc(C)ccn1. The van der Waals surface area contributed by atoms with Crippen molar-refractivity contribution in [1.82, 2.24) is 10.3 Å². The molecule has 2 nitrogen and oxygen atoms in total. The predicted molar refractivity (Wildman–Crippen MR) is 70.9 cm³/mol. The van der Waals surface area contributed by atoms with E-state index in [0.29, 0.717) is 12.1 Å². The van der Waals surface area contributed by atoms with Gasteiger partial charge in [0.15, 0.2) is 11.6 Å². The van der Waals surface area contributed by atoms with Gasteiger partial charge in [0.2, 0.25) is 0 Å². The third-order valence-corrected chi connectivity index (χ3v) is 2.92. The van der Waals surface area contributed by atoms with Gasteiger partial charge in [-0.1, -0.05) is 13.0 Å². The molecule has 0 spiro atoms. The van der Waals surface area contributed by atoms with Gasteiger partial charge in [0.05, 0.1) is 11.7 Å². The summed E-state index contributed by atoms with van der Waals surface area (Å²) in [5.41, 5.74) is 2.54. The van der Waals surface area contributed by atoms with Crippen LogP contribution in [-0.4, -0.2) is 11.5 Å². The molecule has 19 heavy (non-hydrogen) atoms. The fourth-order valence-electron chi connectivity index (χ4n) is 2.01. The quantitative estimate of drug-likeness (QED) is 0.913. The van der Waals surface area contributed by atoms with Crippen molar-refractivity contribution in [3.63, 3.8) is 0 Å². The molecule has 2 rings (SSSR count). The van der Waals surface area contributed by atoms with Gasteiger partial charge in [-0.15, -0.1) is 0 Å². The second-order valence-electron chi connectivity index (χ2n) is 4.42. The Morgan fingerprint density at radius 2 is 1.95 bits per heavy atom. The molecule has 0 aliphatic carbocycles. The normalized spacial score (nSPS) is 12.4. The van der Waals surface area contributed by atoms with E-state index in [4.69, 9.17) is 0 Å². The molecule has 1 aromatic heterocycles. The van der Waals surface area contributed by atoms with Crippen LogP contribution in [0.25, 0.3) is 0 Å². The average molecular weight is 262 g/mol. The monoisotopic (exact) mass is 262 g/mol. The van der Waals surface area contributed by atoms with Crippen LogP contribution in [-0.2, 0) is 0 Å². The Morgan fingerprint density at radius 1 is 1.16 bits per heavy atom. The minimum absolute atomic E-state index is 0.236. The Bertz CT molecular complexity index is 570. The minimum Gasteiger partial charge on any atom is -0.305 e. The summed E-state index contributed by atoms with van der Waals surface area (Å²) in [5, 5.41) is 3.24. The lowest BCUT2D eigenvalue weighted by molar-refractivity contribution is 0.503. The molecule has 1 aromatic carbocycles. The first-order valence-corrected chi connectivity index (χ1v) is 6.22. The van der Waals surface area contributed by atoms with Gasteiger partial charge < -0.3 is 5.32 Å². The maximum atomic E-state index is 13.4. The van der Waals surface area contributed by atoms with Crippen LogP contribution in [0.5, 0.6) is 0 Å². The summed E-state index contributed by atoms with van der Waals surface area (Å²) in [5.74, 6) is -1.68. The summed E-state index contributed by atoms with van der Waals surface area (Å²) in [6.45, 7) is 4.64. The number of hydrogen-bond donors (Lipinski definition) is 1. The highest BCUT2D eigenvalue weighted by molar-refractivity contribution is 5.30. The van der Waals surface area contributed by atoms with E-state index in [9.17, 15) is 8.78 Å². The molecule has 0 aliphatic rings. The Morgan fingerprint density at radius 3 is 2.58 bits per heavy atom. The highest BCUT2D eigenvalue weighted by Gasteiger charge is 2.16. The second kappa shape index (κ2) is 5.89. The van der Waals surface area contributed by atoms with Gasteiger partial charge in [-0.05, 0) is 48.9 Å². The van der Waals surface area contributed by atoms with E-state index in [1.165, 1.54) is 6.07 Å². The number of halogens is 2. The van der Waals surface area contributed by atoms with Crippen LogP contribution in [0, 0.1) is 18.6 Å². The maximum Gasteiger partial charge on any atom is 0.159 e. The molecule has 0 radical (unpaired) electrons. The molecule has 0 saturated heterocycles. The number of aromatic nitrogens is 1. The first kappa shape index (κ1) is 13.6. The molecule has 1 heterocycles. The first-order valence-electron chi connectivity index (χ1n) is 6.22. The lowest BCUT2D eigenvalue weighted by Crippen LogP contribution is -2.23. The maximum absolute atomic E-state index is 13.4. The number of hydrogen-bond acceptors (Lipinski definition) is 2. The van der Waals surface area contributed by atoms with Crippen molar-refractivity contribution in [3.8, 4) is 0 Å². The number of nitrogens with zero attached hydrogens (tertiary/aromatic N) is 1. The molecule has 1 atom stereocenters. The molecular formula is C15H16F2N2. The molecule has 4 heteroatoms. The van der Waals surface area contributed by atoms with Crippen LogP contribution < -0.4 is 5.32 Å². The number of rotatable bonds is 4. The highest BCUT2D eigenvalue weighted by Crippen LogP contribution is 2.22. The Hall–Kier alpha value is -1.81. The molecule has 0 aliphatic heterocycles. The molecule has 100 valence electrons. The van der Waals surface area contributed by atoms with Gasteiger partial charge >= 0.3 is 0 Å². The molecule has 0 fully saturated rings. The predicted octanol–water partition coefficient (Wildman–Crippen LogP) is 3.37. The molecule has 0 saturated carbocycles. The number of nitrogens with one attached hydrogen (secondary N) is 1. The summed E-state index contributed by atoms with van der Waals surface area (Å²) in [4.78, 5) is 4.31. The summed E-state index contributed by atoms with van der Waals surface area (Å²) in [6, 6.07) is 7.54. The van der Waals surface area contributed by atoms with Gasteiger partial charge in [-0.25, -0.2) is 8.78 Å². The summed E-state index contributed by atoms with van der Waals surface area (Å²) in [6.07, 6.45) is 1.72. The van der Waals surface area contributed by atoms with E-state index in [2.05, 4.69) is 10.3 Å². The summed E-state index contributed by atoms with van der Waals surface area (Å²) >= 11 is 0. The van der Waals surface area contributed by atoms with E-state index >= 15 is 0 Å². The van der Waals surface area contributed by atoms with Gasteiger partial charge in [0.25, 0.3) is 0 Å². The van der Waals surface area contributed by atoms with Crippen LogP contribution in [0.3, 0.4) is 0 Å². The van der Waals surface area contributed by atoms with E-state index < -0.39 is 11.6 Å². The van der Waals surface area contributed by atoms with E-state index in [-0.39, 0.29) is 6.04 Å². The standard InChI is InChI=1S/C15H16F2N2/c1-3-18-15(14-8-10(2)6-7-19-14)11-4-5-12(16)13(17)9-11/h4-9,15,18H,3H2,1-2H3. The lowest BCUT2D eigenvalue weighted by atomic mass is 10.0. The van der Waals surface area contributed by atoms with Crippen LogP contribution >= 0.6 is 0 Å². The van der Waals surface area contributed by atoms with E-state index in [0.717, 1.165) is 17.3 Å². The lowest BCUT2D eigenvalue weighted by Gasteiger charge is -2.18. The van der Waals surface area contributed by atoms with Crippen LogP contribution in [0.4, 0.5) is 8.78 Å². The summed E-state index contributed by atoms with van der Waals surface area (Å²) < 4.78 is 26.4. The van der Waals surface area contributed by atoms with Crippen molar-refractivity contribution < 1.29 is 8.78 Å². The number of benzene rings is 1. The number of pyridine rings is 1. The third-order valence-electron chi connectivity index (χ3n) is 2.92. The van der Waals surface area contributed by atoms with Crippen LogP contribution in [0.1, 0.15) is 29.8 Å². The van der Waals surface area contributed by atoms with Crippen LogP contribution in [0.15, 0.2) is 36.5 Å². The number of aryl methyl sites for hydroxylation is 1. The largest absolute Gasteiger partial charge is 0.305 e. The topological polar surface area (TPSA) is 24.9 Å². The van der Waals surface area contributed by atoms with Crippen molar-refractivity contribution in [2.75, 3.05) is 6.54 Å². The smallest absolute Gasteiger partial charge is 0.159 e. The van der Waals surface area contributed by atoms with Crippen molar-refractivity contribution in [1.29, 1.82) is 0 Å². The van der Waals surface area contributed by atoms with Crippen molar-refractivity contribution in [3.05, 3.63) is 65.0 Å². The van der Waals surface area contributed by atoms with Crippen LogP contribution in [0.2, 0.25) is 0 Å². The molecule has 1 unspecified atom stereocenters. The molecule has 2 aromatic rings. The first-order chi connectivity index (χ1) is 9.11. The van der Waals surface area contributed by atoms with Gasteiger partial charge in [-0.2, -0.15) is 0 Å². The van der Waals surface area contributed by atoms with E-state index in [1.54, 1.807) is 12.3 Å². The fourth-order valence-corrected chi connectivity index (χ4v) is 2.01. The van der Waals surface area contributed by atoms with Crippen molar-refractivity contribution >= 4 is 0 Å². The highest BCUT2D eigenvalue weighted by atomic mass is 19.2. The molecular weight excluding hydrogens is 246 g/mol. The van der Waals surface area contributed by atoms with Crippen molar-refractivity contribution in [2.45, 2.75) is 19.9 Å².